The minimum absolute atomic E-state index is 0.0380. The highest BCUT2D eigenvalue weighted by atomic mass is 32.2. The molecule has 0 radical (unpaired) electrons. The van der Waals surface area contributed by atoms with Gasteiger partial charge in [-0.2, -0.15) is 4.31 Å². The van der Waals surface area contributed by atoms with E-state index in [4.69, 9.17) is 10.2 Å². The van der Waals surface area contributed by atoms with E-state index >= 15 is 0 Å². The first-order chi connectivity index (χ1) is 8.84. The molecule has 1 aromatic rings. The van der Waals surface area contributed by atoms with Crippen LogP contribution in [0.15, 0.2) is 17.2 Å². The second-order valence-electron chi connectivity index (χ2n) is 4.11. The summed E-state index contributed by atoms with van der Waals surface area (Å²) in [6, 6.07) is 1.14. The number of carboxylic acids is 1. The molecule has 19 heavy (non-hydrogen) atoms. The van der Waals surface area contributed by atoms with Gasteiger partial charge in [0.1, 0.15) is 10.6 Å². The van der Waals surface area contributed by atoms with Gasteiger partial charge in [0.25, 0.3) is 0 Å². The Morgan fingerprint density at radius 3 is 2.58 bits per heavy atom. The van der Waals surface area contributed by atoms with Crippen LogP contribution in [0.1, 0.15) is 23.8 Å². The Morgan fingerprint density at radius 1 is 1.47 bits per heavy atom. The summed E-state index contributed by atoms with van der Waals surface area (Å²) in [5, 5.41) is 17.8. The van der Waals surface area contributed by atoms with Crippen LogP contribution in [-0.2, 0) is 16.6 Å². The monoisotopic (exact) mass is 290 g/mol. The van der Waals surface area contributed by atoms with Crippen molar-refractivity contribution in [2.75, 3.05) is 20.2 Å². The molecule has 0 aliphatic rings. The topological polar surface area (TPSA) is 99.8 Å². The van der Waals surface area contributed by atoms with Gasteiger partial charge >= 0.3 is 5.97 Å². The van der Waals surface area contributed by atoms with Gasteiger partial charge in [0.05, 0.1) is 6.61 Å². The van der Waals surface area contributed by atoms with Crippen molar-refractivity contribution in [2.45, 2.75) is 24.8 Å². The van der Waals surface area contributed by atoms with Crippen molar-refractivity contribution in [2.24, 2.45) is 0 Å². The standard InChI is InChI=1S/C11H18N2O5S/c1-3-4-13-8-9(7-10(13)11(15)16)19(17,18)12(2)5-6-14/h7-8,14H,3-6H2,1-2H3,(H,15,16). The minimum Gasteiger partial charge on any atom is -0.477 e. The van der Waals surface area contributed by atoms with E-state index < -0.39 is 16.0 Å². The Kier molecular flexibility index (Phi) is 5.10. The largest absolute Gasteiger partial charge is 0.477 e. The van der Waals surface area contributed by atoms with Gasteiger partial charge in [-0.15, -0.1) is 0 Å². The zero-order chi connectivity index (χ0) is 14.6. The van der Waals surface area contributed by atoms with Crippen LogP contribution in [0.25, 0.3) is 0 Å². The molecule has 1 aromatic heterocycles. The van der Waals surface area contributed by atoms with Gasteiger partial charge < -0.3 is 14.8 Å². The summed E-state index contributed by atoms with van der Waals surface area (Å²) >= 11 is 0. The van der Waals surface area contributed by atoms with Crippen LogP contribution in [0.2, 0.25) is 0 Å². The highest BCUT2D eigenvalue weighted by molar-refractivity contribution is 7.89. The number of likely N-dealkylation sites (N-methyl/N-ethyl adjacent to an activating group) is 1. The lowest BCUT2D eigenvalue weighted by atomic mass is 10.4. The molecule has 0 saturated carbocycles. The maximum absolute atomic E-state index is 12.1. The molecule has 0 amide bonds. The maximum atomic E-state index is 12.1. The molecule has 0 unspecified atom stereocenters. The van der Waals surface area contributed by atoms with E-state index in [-0.39, 0.29) is 23.7 Å². The molecule has 7 nitrogen and oxygen atoms in total. The number of aliphatic hydroxyl groups excluding tert-OH is 1. The van der Waals surface area contributed by atoms with Gasteiger partial charge in [-0.25, -0.2) is 13.2 Å². The summed E-state index contributed by atoms with van der Waals surface area (Å²) in [7, 11) is -2.43. The number of rotatable bonds is 7. The molecule has 0 fully saturated rings. The zero-order valence-electron chi connectivity index (χ0n) is 10.9. The van der Waals surface area contributed by atoms with Crippen LogP contribution in [0, 0.1) is 0 Å². The summed E-state index contributed by atoms with van der Waals surface area (Å²) in [6.07, 6.45) is 2.01. The predicted octanol–water partition coefficient (Wildman–Crippen LogP) is 0.209. The van der Waals surface area contributed by atoms with Crippen LogP contribution < -0.4 is 0 Å². The number of carboxylic acid groups (broad SMARTS) is 1. The number of sulfonamides is 1. The summed E-state index contributed by atoms with van der Waals surface area (Å²) in [6.45, 7) is 1.97. The summed E-state index contributed by atoms with van der Waals surface area (Å²) < 4.78 is 26.6. The number of hydrogen-bond donors (Lipinski definition) is 2. The molecule has 0 bridgehead atoms. The fraction of sp³-hybridized carbons (Fsp3) is 0.545. The Hall–Kier alpha value is -1.38. The van der Waals surface area contributed by atoms with Crippen molar-refractivity contribution < 1.29 is 23.4 Å². The van der Waals surface area contributed by atoms with Gasteiger partial charge in [0, 0.05) is 26.3 Å². The highest BCUT2D eigenvalue weighted by Gasteiger charge is 2.24. The average Bonchev–Trinajstić information content (AvgIpc) is 2.74. The quantitative estimate of drug-likeness (QED) is 0.747. The van der Waals surface area contributed by atoms with E-state index in [2.05, 4.69) is 0 Å². The van der Waals surface area contributed by atoms with Crippen molar-refractivity contribution in [1.29, 1.82) is 0 Å². The van der Waals surface area contributed by atoms with Crippen LogP contribution in [-0.4, -0.2) is 53.7 Å². The molecule has 2 N–H and O–H groups in total. The summed E-state index contributed by atoms with van der Waals surface area (Å²) in [4.78, 5) is 11.0. The molecule has 1 heterocycles. The number of carbonyl (C=O) groups is 1. The number of nitrogens with zero attached hydrogens (tertiary/aromatic N) is 2. The Morgan fingerprint density at radius 2 is 2.11 bits per heavy atom. The third kappa shape index (κ3) is 3.34. The highest BCUT2D eigenvalue weighted by Crippen LogP contribution is 2.18. The second kappa shape index (κ2) is 6.18. The van der Waals surface area contributed by atoms with Crippen molar-refractivity contribution in [3.63, 3.8) is 0 Å². The molecule has 0 saturated heterocycles. The first kappa shape index (κ1) is 15.7. The first-order valence-corrected chi connectivity index (χ1v) is 7.29. The average molecular weight is 290 g/mol. The lowest BCUT2D eigenvalue weighted by Crippen LogP contribution is -2.29. The molecular formula is C11H18N2O5S. The van der Waals surface area contributed by atoms with Crippen molar-refractivity contribution in [3.8, 4) is 0 Å². The molecule has 0 atom stereocenters. The van der Waals surface area contributed by atoms with Gasteiger partial charge in [-0.3, -0.25) is 0 Å². The van der Waals surface area contributed by atoms with E-state index in [1.807, 2.05) is 6.92 Å². The number of aryl methyl sites for hydroxylation is 1. The van der Waals surface area contributed by atoms with Crippen molar-refractivity contribution >= 4 is 16.0 Å². The van der Waals surface area contributed by atoms with Crippen molar-refractivity contribution in [3.05, 3.63) is 18.0 Å². The zero-order valence-corrected chi connectivity index (χ0v) is 11.7. The Bertz CT molecular complexity index is 549. The normalized spacial score (nSPS) is 12.0. The van der Waals surface area contributed by atoms with Crippen LogP contribution >= 0.6 is 0 Å². The summed E-state index contributed by atoms with van der Waals surface area (Å²) in [5.74, 6) is -1.17. The SMILES string of the molecule is CCCn1cc(S(=O)(=O)N(C)CCO)cc1C(=O)O. The van der Waals surface area contributed by atoms with Gasteiger partial charge in [-0.05, 0) is 12.5 Å². The van der Waals surface area contributed by atoms with Crippen molar-refractivity contribution in [1.82, 2.24) is 8.87 Å². The van der Waals surface area contributed by atoms with E-state index in [1.54, 1.807) is 0 Å². The predicted molar refractivity (Wildman–Crippen MR) is 68.6 cm³/mol. The number of aromatic nitrogens is 1. The molecule has 8 heteroatoms. The van der Waals surface area contributed by atoms with Gasteiger partial charge in [0.2, 0.25) is 10.0 Å². The van der Waals surface area contributed by atoms with E-state index in [9.17, 15) is 13.2 Å². The minimum atomic E-state index is -3.77. The molecule has 0 spiro atoms. The number of hydrogen-bond acceptors (Lipinski definition) is 4. The summed E-state index contributed by atoms with van der Waals surface area (Å²) in [5.41, 5.74) is -0.0576. The lowest BCUT2D eigenvalue weighted by molar-refractivity contribution is 0.0685. The van der Waals surface area contributed by atoms with Crippen LogP contribution in [0.4, 0.5) is 0 Å². The van der Waals surface area contributed by atoms with Crippen LogP contribution in [0.3, 0.4) is 0 Å². The Labute approximate surface area is 112 Å². The lowest BCUT2D eigenvalue weighted by Gasteiger charge is -2.14. The fourth-order valence-electron chi connectivity index (χ4n) is 1.67. The molecule has 108 valence electrons. The van der Waals surface area contributed by atoms with Gasteiger partial charge in [-0.1, -0.05) is 6.92 Å². The molecular weight excluding hydrogens is 272 g/mol. The van der Waals surface area contributed by atoms with Crippen LogP contribution in [0.5, 0.6) is 0 Å². The third-order valence-electron chi connectivity index (χ3n) is 2.68. The number of aromatic carboxylic acids is 1. The second-order valence-corrected chi connectivity index (χ2v) is 6.15. The maximum Gasteiger partial charge on any atom is 0.352 e. The first-order valence-electron chi connectivity index (χ1n) is 5.85. The van der Waals surface area contributed by atoms with Gasteiger partial charge in [0.15, 0.2) is 0 Å². The van der Waals surface area contributed by atoms with E-state index in [1.165, 1.54) is 17.8 Å². The van der Waals surface area contributed by atoms with E-state index in [0.29, 0.717) is 13.0 Å². The third-order valence-corrected chi connectivity index (χ3v) is 4.50. The molecule has 0 aliphatic heterocycles. The Balaban J connectivity index is 3.21. The molecule has 0 aromatic carbocycles. The van der Waals surface area contributed by atoms with E-state index in [0.717, 1.165) is 10.4 Å². The fourth-order valence-corrected chi connectivity index (χ4v) is 2.87. The molecule has 0 aliphatic carbocycles. The molecule has 1 rings (SSSR count). The smallest absolute Gasteiger partial charge is 0.352 e. The number of aliphatic hydroxyl groups is 1.